The number of nitrogens with zero attached hydrogens (tertiary/aromatic N) is 1. The summed E-state index contributed by atoms with van der Waals surface area (Å²) in [5.74, 6) is 0.790. The Bertz CT molecular complexity index is 396. The molecule has 2 rings (SSSR count). The van der Waals surface area contributed by atoms with Gasteiger partial charge in [0.2, 0.25) is 5.91 Å². The van der Waals surface area contributed by atoms with E-state index in [0.29, 0.717) is 11.6 Å². The lowest BCUT2D eigenvalue weighted by Gasteiger charge is -2.09. The van der Waals surface area contributed by atoms with Crippen LogP contribution in [0.5, 0.6) is 0 Å². The fourth-order valence-corrected chi connectivity index (χ4v) is 3.52. The van der Waals surface area contributed by atoms with Crippen molar-refractivity contribution >= 4 is 34.1 Å². The molecule has 0 saturated carbocycles. The number of fused-ring (bicyclic) bond motifs is 1. The summed E-state index contributed by atoms with van der Waals surface area (Å²) < 4.78 is 0. The Labute approximate surface area is 116 Å². The van der Waals surface area contributed by atoms with Crippen molar-refractivity contribution in [3.05, 3.63) is 10.6 Å². The standard InChI is InChI=1S/C12H19N3OS2/c1-17-7-6-8(13)11(16)15-12-14-9-4-2-3-5-10(9)18-12/h8H,2-7,13H2,1H3,(H,14,15,16)/t8-/m0/s1. The van der Waals surface area contributed by atoms with Gasteiger partial charge in [-0.2, -0.15) is 11.8 Å². The van der Waals surface area contributed by atoms with E-state index >= 15 is 0 Å². The highest BCUT2D eigenvalue weighted by atomic mass is 32.2. The van der Waals surface area contributed by atoms with Crippen LogP contribution < -0.4 is 11.1 Å². The predicted molar refractivity (Wildman–Crippen MR) is 78.4 cm³/mol. The van der Waals surface area contributed by atoms with Crippen molar-refractivity contribution in [1.29, 1.82) is 0 Å². The highest BCUT2D eigenvalue weighted by Gasteiger charge is 2.18. The lowest BCUT2D eigenvalue weighted by atomic mass is 10.0. The summed E-state index contributed by atoms with van der Waals surface area (Å²) in [6.45, 7) is 0. The molecule has 4 nitrogen and oxygen atoms in total. The van der Waals surface area contributed by atoms with E-state index in [-0.39, 0.29) is 5.91 Å². The summed E-state index contributed by atoms with van der Waals surface area (Å²) in [7, 11) is 0. The number of carbonyl (C=O) groups excluding carboxylic acids is 1. The van der Waals surface area contributed by atoms with Crippen LogP contribution in [-0.4, -0.2) is 28.9 Å². The molecule has 1 aliphatic rings. The first-order chi connectivity index (χ1) is 8.70. The number of aromatic nitrogens is 1. The Morgan fingerprint density at radius 3 is 3.06 bits per heavy atom. The van der Waals surface area contributed by atoms with Gasteiger partial charge in [-0.1, -0.05) is 0 Å². The fraction of sp³-hybridized carbons (Fsp3) is 0.667. The molecular formula is C12H19N3OS2. The van der Waals surface area contributed by atoms with Crippen LogP contribution in [0, 0.1) is 0 Å². The van der Waals surface area contributed by atoms with Crippen LogP contribution in [0.25, 0.3) is 0 Å². The van der Waals surface area contributed by atoms with Crippen LogP contribution in [0.2, 0.25) is 0 Å². The SMILES string of the molecule is CSCC[C@H](N)C(=O)Nc1nc2c(s1)CCCC2. The quantitative estimate of drug-likeness (QED) is 0.869. The van der Waals surface area contributed by atoms with Gasteiger partial charge in [0.25, 0.3) is 0 Å². The van der Waals surface area contributed by atoms with Gasteiger partial charge in [0.15, 0.2) is 5.13 Å². The molecule has 0 spiro atoms. The number of carbonyl (C=O) groups is 1. The van der Waals surface area contributed by atoms with Crippen LogP contribution in [0.1, 0.15) is 29.8 Å². The first-order valence-corrected chi connectivity index (χ1v) is 8.45. The molecule has 100 valence electrons. The van der Waals surface area contributed by atoms with E-state index in [1.165, 1.54) is 23.4 Å². The average Bonchev–Trinajstić information content (AvgIpc) is 2.77. The van der Waals surface area contributed by atoms with E-state index in [9.17, 15) is 4.79 Å². The third-order valence-electron chi connectivity index (χ3n) is 3.05. The van der Waals surface area contributed by atoms with Gasteiger partial charge in [0, 0.05) is 4.88 Å². The topological polar surface area (TPSA) is 68.0 Å². The van der Waals surface area contributed by atoms with Gasteiger partial charge in [0.1, 0.15) is 0 Å². The maximum Gasteiger partial charge on any atom is 0.243 e. The van der Waals surface area contributed by atoms with E-state index in [4.69, 9.17) is 5.73 Å². The third-order valence-corrected chi connectivity index (χ3v) is 4.76. The van der Waals surface area contributed by atoms with Gasteiger partial charge in [0.05, 0.1) is 11.7 Å². The smallest absolute Gasteiger partial charge is 0.243 e. The van der Waals surface area contributed by atoms with Crippen LogP contribution in [0.3, 0.4) is 0 Å². The Morgan fingerprint density at radius 1 is 1.56 bits per heavy atom. The van der Waals surface area contributed by atoms with Crippen LogP contribution in [-0.2, 0) is 17.6 Å². The van der Waals surface area contributed by atoms with Crippen molar-refractivity contribution < 1.29 is 4.79 Å². The van der Waals surface area contributed by atoms with Crippen LogP contribution in [0.4, 0.5) is 5.13 Å². The Kier molecular flexibility index (Phi) is 5.03. The molecule has 1 aliphatic carbocycles. The maximum atomic E-state index is 11.9. The molecule has 1 aromatic rings. The molecule has 0 unspecified atom stereocenters. The number of aryl methyl sites for hydroxylation is 2. The summed E-state index contributed by atoms with van der Waals surface area (Å²) in [6.07, 6.45) is 7.30. The van der Waals surface area contributed by atoms with Gasteiger partial charge >= 0.3 is 0 Å². The number of hydrogen-bond acceptors (Lipinski definition) is 5. The van der Waals surface area contributed by atoms with E-state index in [1.54, 1.807) is 23.1 Å². The zero-order chi connectivity index (χ0) is 13.0. The van der Waals surface area contributed by atoms with Gasteiger partial charge in [-0.3, -0.25) is 4.79 Å². The lowest BCUT2D eigenvalue weighted by Crippen LogP contribution is -2.36. The first-order valence-electron chi connectivity index (χ1n) is 6.24. The zero-order valence-corrected chi connectivity index (χ0v) is 12.2. The second-order valence-corrected chi connectivity index (χ2v) is 6.54. The summed E-state index contributed by atoms with van der Waals surface area (Å²) in [5.41, 5.74) is 6.99. The zero-order valence-electron chi connectivity index (χ0n) is 10.6. The van der Waals surface area contributed by atoms with Crippen molar-refractivity contribution in [2.24, 2.45) is 5.73 Å². The molecule has 0 fully saturated rings. The van der Waals surface area contributed by atoms with Crippen LogP contribution >= 0.6 is 23.1 Å². The highest BCUT2D eigenvalue weighted by molar-refractivity contribution is 7.98. The minimum absolute atomic E-state index is 0.116. The molecule has 6 heteroatoms. The molecule has 0 saturated heterocycles. The van der Waals surface area contributed by atoms with Gasteiger partial charge in [-0.25, -0.2) is 4.98 Å². The summed E-state index contributed by atoms with van der Waals surface area (Å²) in [4.78, 5) is 17.7. The average molecular weight is 285 g/mol. The van der Waals surface area contributed by atoms with Gasteiger partial charge < -0.3 is 11.1 Å². The second kappa shape index (κ2) is 6.54. The largest absolute Gasteiger partial charge is 0.320 e. The van der Waals surface area contributed by atoms with Crippen molar-refractivity contribution in [2.75, 3.05) is 17.3 Å². The van der Waals surface area contributed by atoms with Gasteiger partial charge in [-0.15, -0.1) is 11.3 Å². The molecule has 18 heavy (non-hydrogen) atoms. The van der Waals surface area contributed by atoms with E-state index < -0.39 is 6.04 Å². The number of thioether (sulfide) groups is 1. The number of hydrogen-bond donors (Lipinski definition) is 2. The normalized spacial score (nSPS) is 16.1. The second-order valence-electron chi connectivity index (χ2n) is 4.47. The number of thiazole rings is 1. The minimum atomic E-state index is -0.432. The molecule has 3 N–H and O–H groups in total. The number of rotatable bonds is 5. The minimum Gasteiger partial charge on any atom is -0.320 e. The molecule has 1 heterocycles. The predicted octanol–water partition coefficient (Wildman–Crippen LogP) is 2.04. The molecule has 1 atom stereocenters. The van der Waals surface area contributed by atoms with Crippen molar-refractivity contribution in [2.45, 2.75) is 38.1 Å². The number of amides is 1. The van der Waals surface area contributed by atoms with E-state index in [1.807, 2.05) is 6.26 Å². The Hall–Kier alpha value is -0.590. The van der Waals surface area contributed by atoms with Crippen molar-refractivity contribution in [3.8, 4) is 0 Å². The molecule has 1 amide bonds. The molecule has 0 radical (unpaired) electrons. The highest BCUT2D eigenvalue weighted by Crippen LogP contribution is 2.29. The summed E-state index contributed by atoms with van der Waals surface area (Å²) in [6, 6.07) is -0.432. The molecule has 0 bridgehead atoms. The van der Waals surface area contributed by atoms with Gasteiger partial charge in [-0.05, 0) is 44.1 Å². The lowest BCUT2D eigenvalue weighted by molar-refractivity contribution is -0.117. The van der Waals surface area contributed by atoms with Crippen LogP contribution in [0.15, 0.2) is 0 Å². The third kappa shape index (κ3) is 3.46. The van der Waals surface area contributed by atoms with E-state index in [0.717, 1.165) is 18.6 Å². The summed E-state index contributed by atoms with van der Waals surface area (Å²) >= 11 is 3.30. The molecule has 0 aliphatic heterocycles. The number of nitrogens with one attached hydrogen (secondary N) is 1. The molecule has 1 aromatic heterocycles. The maximum absolute atomic E-state index is 11.9. The van der Waals surface area contributed by atoms with E-state index in [2.05, 4.69) is 10.3 Å². The Morgan fingerprint density at radius 2 is 2.33 bits per heavy atom. The number of anilines is 1. The monoisotopic (exact) mass is 285 g/mol. The Balaban J connectivity index is 1.92. The molecule has 0 aromatic carbocycles. The molecular weight excluding hydrogens is 266 g/mol. The summed E-state index contributed by atoms with van der Waals surface area (Å²) in [5, 5.41) is 3.56. The van der Waals surface area contributed by atoms with Crippen molar-refractivity contribution in [1.82, 2.24) is 4.98 Å². The van der Waals surface area contributed by atoms with Crippen molar-refractivity contribution in [3.63, 3.8) is 0 Å². The fourth-order valence-electron chi connectivity index (χ4n) is 1.98. The first kappa shape index (κ1) is 13.8. The number of nitrogens with two attached hydrogens (primary N) is 1.